The maximum Gasteiger partial charge on any atom is 0.263 e. The first-order valence-electron chi connectivity index (χ1n) is 8.58. The molecule has 0 aliphatic heterocycles. The molecule has 1 aromatic carbocycles. The monoisotopic (exact) mass is 379 g/mol. The van der Waals surface area contributed by atoms with Crippen LogP contribution in [-0.4, -0.2) is 16.4 Å². The maximum atomic E-state index is 12.8. The van der Waals surface area contributed by atoms with Gasteiger partial charge in [-0.15, -0.1) is 11.3 Å². The number of pyridine rings is 1. The number of thiophene rings is 1. The number of anilines is 2. The highest BCUT2D eigenvalue weighted by atomic mass is 32.1. The number of nitrogen functional groups attached to an aromatic ring is 2. The highest BCUT2D eigenvalue weighted by Crippen LogP contribution is 2.42. The number of nitrogens with one attached hydrogen (secondary N) is 1. The summed E-state index contributed by atoms with van der Waals surface area (Å²) in [5.74, 6) is -0.121. The van der Waals surface area contributed by atoms with E-state index >= 15 is 0 Å². The molecule has 2 heterocycles. The lowest BCUT2D eigenvalue weighted by Gasteiger charge is -2.24. The molecule has 2 aromatic heterocycles. The number of carbonyl (C=O) groups excluding carboxylic acids is 1. The first-order chi connectivity index (χ1) is 12.8. The summed E-state index contributed by atoms with van der Waals surface area (Å²) in [5.41, 5.74) is 14.0. The van der Waals surface area contributed by atoms with E-state index in [2.05, 4.69) is 16.4 Å². The number of hydrogen-bond donors (Lipinski definition) is 3. The third-order valence-corrected chi connectivity index (χ3v) is 5.72. The summed E-state index contributed by atoms with van der Waals surface area (Å²) in [5, 5.41) is 13.2. The van der Waals surface area contributed by atoms with E-state index < -0.39 is 0 Å². The first-order valence-corrected chi connectivity index (χ1v) is 9.40. The number of benzene rings is 1. The van der Waals surface area contributed by atoms with Crippen molar-refractivity contribution in [1.82, 2.24) is 10.3 Å². The molecule has 27 heavy (non-hydrogen) atoms. The Morgan fingerprint density at radius 2 is 1.96 bits per heavy atom. The van der Waals surface area contributed by atoms with Gasteiger partial charge < -0.3 is 16.8 Å². The van der Waals surface area contributed by atoms with Gasteiger partial charge in [-0.2, -0.15) is 5.26 Å². The molecule has 0 fully saturated rings. The molecular weight excluding hydrogens is 358 g/mol. The molecule has 0 aliphatic carbocycles. The smallest absolute Gasteiger partial charge is 0.263 e. The van der Waals surface area contributed by atoms with Crippen LogP contribution in [0.5, 0.6) is 0 Å². The second-order valence-corrected chi connectivity index (χ2v) is 7.94. The van der Waals surface area contributed by atoms with Gasteiger partial charge in [0.15, 0.2) is 0 Å². The van der Waals surface area contributed by atoms with E-state index in [1.54, 1.807) is 0 Å². The van der Waals surface area contributed by atoms with Crippen molar-refractivity contribution >= 4 is 39.0 Å². The van der Waals surface area contributed by atoms with E-state index in [-0.39, 0.29) is 22.8 Å². The number of aromatic nitrogens is 1. The fraction of sp³-hybridized carbons (Fsp3) is 0.250. The van der Waals surface area contributed by atoms with Crippen molar-refractivity contribution in [2.45, 2.75) is 32.7 Å². The molecule has 6 nitrogen and oxygen atoms in total. The van der Waals surface area contributed by atoms with Gasteiger partial charge in [-0.05, 0) is 25.8 Å². The summed E-state index contributed by atoms with van der Waals surface area (Å²) in [6, 6.07) is 11.5. The molecule has 5 N–H and O–H groups in total. The van der Waals surface area contributed by atoms with Crippen molar-refractivity contribution in [2.75, 3.05) is 11.5 Å². The van der Waals surface area contributed by atoms with Crippen LogP contribution in [0.15, 0.2) is 30.3 Å². The largest absolute Gasteiger partial charge is 0.397 e. The van der Waals surface area contributed by atoms with Crippen molar-refractivity contribution in [3.05, 3.63) is 40.8 Å². The fourth-order valence-electron chi connectivity index (χ4n) is 2.80. The summed E-state index contributed by atoms with van der Waals surface area (Å²) in [7, 11) is 0. The van der Waals surface area contributed by atoms with Crippen molar-refractivity contribution < 1.29 is 4.79 Å². The van der Waals surface area contributed by atoms with Crippen LogP contribution in [0.25, 0.3) is 21.3 Å². The minimum atomic E-state index is -0.355. The molecule has 7 heteroatoms. The maximum absolute atomic E-state index is 12.8. The molecule has 0 aliphatic rings. The number of nitrogens with zero attached hydrogens (tertiary/aromatic N) is 2. The van der Waals surface area contributed by atoms with Crippen molar-refractivity contribution in [3.63, 3.8) is 0 Å². The second-order valence-electron chi connectivity index (χ2n) is 6.94. The van der Waals surface area contributed by atoms with Crippen LogP contribution in [-0.2, 0) is 0 Å². The van der Waals surface area contributed by atoms with Crippen LogP contribution in [0.4, 0.5) is 11.5 Å². The molecule has 3 aromatic rings. The highest BCUT2D eigenvalue weighted by molar-refractivity contribution is 7.21. The van der Waals surface area contributed by atoms with Gasteiger partial charge in [0.25, 0.3) is 5.91 Å². The van der Waals surface area contributed by atoms with Gasteiger partial charge in [-0.3, -0.25) is 4.79 Å². The first kappa shape index (κ1) is 18.7. The van der Waals surface area contributed by atoms with E-state index in [0.29, 0.717) is 26.3 Å². The van der Waals surface area contributed by atoms with Crippen LogP contribution < -0.4 is 16.8 Å². The van der Waals surface area contributed by atoms with Crippen molar-refractivity contribution in [1.29, 1.82) is 5.26 Å². The van der Waals surface area contributed by atoms with Gasteiger partial charge in [0.2, 0.25) is 0 Å². The molecule has 1 amide bonds. The number of nitriles is 1. The number of rotatable bonds is 4. The second kappa shape index (κ2) is 6.89. The Labute approximate surface area is 161 Å². The van der Waals surface area contributed by atoms with Crippen molar-refractivity contribution in [2.24, 2.45) is 0 Å². The van der Waals surface area contributed by atoms with Gasteiger partial charge >= 0.3 is 0 Å². The van der Waals surface area contributed by atoms with Gasteiger partial charge in [-0.1, -0.05) is 37.3 Å². The molecule has 0 saturated heterocycles. The Morgan fingerprint density at radius 1 is 1.30 bits per heavy atom. The molecule has 0 unspecified atom stereocenters. The number of fused-ring (bicyclic) bond motifs is 1. The number of amides is 1. The minimum Gasteiger partial charge on any atom is -0.397 e. The van der Waals surface area contributed by atoms with E-state index in [1.807, 2.05) is 51.1 Å². The van der Waals surface area contributed by atoms with E-state index in [4.69, 9.17) is 11.5 Å². The quantitative estimate of drug-likeness (QED) is 0.635. The van der Waals surface area contributed by atoms with Crippen LogP contribution in [0, 0.1) is 11.3 Å². The Hall–Kier alpha value is -3.11. The predicted molar refractivity (Wildman–Crippen MR) is 110 cm³/mol. The molecule has 0 saturated carbocycles. The zero-order valence-corrected chi connectivity index (χ0v) is 16.3. The van der Waals surface area contributed by atoms with Crippen molar-refractivity contribution in [3.8, 4) is 17.2 Å². The van der Waals surface area contributed by atoms with Gasteiger partial charge in [0, 0.05) is 16.5 Å². The Kier molecular flexibility index (Phi) is 4.77. The summed E-state index contributed by atoms with van der Waals surface area (Å²) in [6.07, 6.45) is 0.780. The zero-order valence-electron chi connectivity index (χ0n) is 15.5. The Bertz CT molecular complexity index is 1060. The Balaban J connectivity index is 2.27. The van der Waals surface area contributed by atoms with Gasteiger partial charge in [0.05, 0.1) is 5.69 Å². The summed E-state index contributed by atoms with van der Waals surface area (Å²) >= 11 is 1.19. The lowest BCUT2D eigenvalue weighted by Crippen LogP contribution is -2.42. The number of hydrogen-bond acceptors (Lipinski definition) is 6. The van der Waals surface area contributed by atoms with E-state index in [9.17, 15) is 10.1 Å². The zero-order chi connectivity index (χ0) is 19.8. The fourth-order valence-corrected chi connectivity index (χ4v) is 3.81. The third kappa shape index (κ3) is 3.32. The third-order valence-electron chi connectivity index (χ3n) is 4.62. The lowest BCUT2D eigenvalue weighted by molar-refractivity contribution is 0.0916. The molecular formula is C20H21N5OS. The molecule has 0 bridgehead atoms. The molecule has 138 valence electrons. The Morgan fingerprint density at radius 3 is 2.56 bits per heavy atom. The van der Waals surface area contributed by atoms with Crippen LogP contribution in [0.3, 0.4) is 0 Å². The summed E-state index contributed by atoms with van der Waals surface area (Å²) in [4.78, 5) is 18.0. The standard InChI is InChI=1S/C20H21N5OS/c1-4-20(2,3)25-18(26)16-15(22)14-13(11-8-6-5-7-9-11)12(10-21)17(23)24-19(14)27-16/h5-9H,4,22H2,1-3H3,(H2,23,24)(H,25,26). The van der Waals surface area contributed by atoms with Crippen LogP contribution in [0.2, 0.25) is 0 Å². The molecule has 0 radical (unpaired) electrons. The van der Waals surface area contributed by atoms with E-state index in [1.165, 1.54) is 11.3 Å². The van der Waals surface area contributed by atoms with E-state index in [0.717, 1.165) is 12.0 Å². The predicted octanol–water partition coefficient (Wildman–Crippen LogP) is 3.92. The average Bonchev–Trinajstić information content (AvgIpc) is 2.97. The van der Waals surface area contributed by atoms with Gasteiger partial charge in [-0.25, -0.2) is 4.98 Å². The molecule has 3 rings (SSSR count). The summed E-state index contributed by atoms with van der Waals surface area (Å²) in [6.45, 7) is 5.91. The highest BCUT2D eigenvalue weighted by Gasteiger charge is 2.26. The molecule has 0 atom stereocenters. The SMILES string of the molecule is CCC(C)(C)NC(=O)c1sc2nc(N)c(C#N)c(-c3ccccc3)c2c1N. The summed E-state index contributed by atoms with van der Waals surface area (Å²) < 4.78 is 0. The topological polar surface area (TPSA) is 118 Å². The average molecular weight is 379 g/mol. The normalized spacial score (nSPS) is 11.3. The van der Waals surface area contributed by atoms with Gasteiger partial charge in [0.1, 0.15) is 27.2 Å². The van der Waals surface area contributed by atoms with Crippen LogP contribution in [0.1, 0.15) is 42.4 Å². The lowest BCUT2D eigenvalue weighted by atomic mass is 9.97. The minimum absolute atomic E-state index is 0.131. The van der Waals surface area contributed by atoms with Crippen LogP contribution >= 0.6 is 11.3 Å². The number of carbonyl (C=O) groups is 1. The molecule has 0 spiro atoms. The number of nitrogens with two attached hydrogens (primary N) is 2.